The van der Waals surface area contributed by atoms with Crippen LogP contribution in [0.2, 0.25) is 0 Å². The van der Waals surface area contributed by atoms with Crippen LogP contribution in [0, 0.1) is 12.8 Å². The smallest absolute Gasteiger partial charge is 0.194 e. The first-order valence-corrected chi connectivity index (χ1v) is 10.3. The summed E-state index contributed by atoms with van der Waals surface area (Å²) in [6.07, 6.45) is 6.71. The predicted molar refractivity (Wildman–Crippen MR) is 113 cm³/mol. The van der Waals surface area contributed by atoms with Gasteiger partial charge in [0.15, 0.2) is 5.96 Å². The van der Waals surface area contributed by atoms with Crippen molar-refractivity contribution in [3.05, 3.63) is 42.1 Å². The summed E-state index contributed by atoms with van der Waals surface area (Å²) in [6.45, 7) is 9.56. The van der Waals surface area contributed by atoms with Crippen molar-refractivity contribution >= 4 is 5.96 Å². The minimum absolute atomic E-state index is 0.537. The molecule has 1 fully saturated rings. The van der Waals surface area contributed by atoms with Gasteiger partial charge in [0, 0.05) is 51.3 Å². The molecule has 0 aliphatic carbocycles. The van der Waals surface area contributed by atoms with Gasteiger partial charge < -0.3 is 19.7 Å². The van der Waals surface area contributed by atoms with Gasteiger partial charge in [0.05, 0.1) is 26.4 Å². The van der Waals surface area contributed by atoms with Crippen LogP contribution in [0.4, 0.5) is 0 Å². The maximum Gasteiger partial charge on any atom is 0.194 e. The van der Waals surface area contributed by atoms with E-state index in [0.29, 0.717) is 25.7 Å². The Hall–Kier alpha value is -2.45. The Morgan fingerprint density at radius 1 is 1.31 bits per heavy atom. The van der Waals surface area contributed by atoms with Crippen LogP contribution in [0.15, 0.2) is 35.7 Å². The van der Waals surface area contributed by atoms with Crippen LogP contribution in [0.25, 0.3) is 5.82 Å². The lowest BCUT2D eigenvalue weighted by Gasteiger charge is -2.21. The number of likely N-dealkylation sites (tertiary alicyclic amines) is 1. The molecule has 0 radical (unpaired) electrons. The molecule has 2 aromatic rings. The van der Waals surface area contributed by atoms with Crippen molar-refractivity contribution < 1.29 is 9.47 Å². The number of nitrogens with zero attached hydrogens (tertiary/aromatic N) is 5. The highest BCUT2D eigenvalue weighted by atomic mass is 16.5. The molecule has 8 nitrogen and oxygen atoms in total. The van der Waals surface area contributed by atoms with E-state index in [9.17, 15) is 0 Å². The number of hydrogen-bond acceptors (Lipinski definition) is 5. The van der Waals surface area contributed by atoms with Crippen molar-refractivity contribution in [1.82, 2.24) is 24.8 Å². The van der Waals surface area contributed by atoms with Crippen molar-refractivity contribution in [2.75, 3.05) is 46.6 Å². The summed E-state index contributed by atoms with van der Waals surface area (Å²) in [6, 6.07) is 4.08. The van der Waals surface area contributed by atoms with Gasteiger partial charge in [0.2, 0.25) is 0 Å². The first kappa shape index (κ1) is 21.3. The van der Waals surface area contributed by atoms with Gasteiger partial charge >= 0.3 is 0 Å². The molecule has 0 bridgehead atoms. The maximum absolute atomic E-state index is 5.70. The fourth-order valence-electron chi connectivity index (χ4n) is 3.42. The van der Waals surface area contributed by atoms with Crippen LogP contribution < -0.4 is 5.32 Å². The summed E-state index contributed by atoms with van der Waals surface area (Å²) in [7, 11) is 1.70. The second-order valence-electron chi connectivity index (χ2n) is 7.21. The van der Waals surface area contributed by atoms with Crippen molar-refractivity contribution in [3.63, 3.8) is 0 Å². The molecular weight excluding hydrogens is 368 g/mol. The molecule has 158 valence electrons. The molecule has 0 spiro atoms. The van der Waals surface area contributed by atoms with Gasteiger partial charge in [-0.2, -0.15) is 0 Å². The van der Waals surface area contributed by atoms with E-state index in [1.54, 1.807) is 13.3 Å². The van der Waals surface area contributed by atoms with E-state index in [2.05, 4.69) is 33.2 Å². The Labute approximate surface area is 173 Å². The van der Waals surface area contributed by atoms with Crippen LogP contribution in [0.5, 0.6) is 0 Å². The third-order valence-electron chi connectivity index (χ3n) is 5.00. The lowest BCUT2D eigenvalue weighted by Crippen LogP contribution is -2.40. The van der Waals surface area contributed by atoms with Gasteiger partial charge in [0.25, 0.3) is 0 Å². The fraction of sp³-hybridized carbons (Fsp3) is 0.571. The van der Waals surface area contributed by atoms with Crippen LogP contribution >= 0.6 is 0 Å². The van der Waals surface area contributed by atoms with E-state index in [4.69, 9.17) is 14.5 Å². The number of rotatable bonds is 9. The minimum atomic E-state index is 0.537. The topological polar surface area (TPSA) is 76.8 Å². The molecule has 0 saturated carbocycles. The number of pyridine rings is 1. The normalized spacial score (nSPS) is 17.1. The van der Waals surface area contributed by atoms with Gasteiger partial charge in [-0.15, -0.1) is 0 Å². The van der Waals surface area contributed by atoms with Crippen LogP contribution in [-0.4, -0.2) is 72.0 Å². The van der Waals surface area contributed by atoms with Gasteiger partial charge in [-0.3, -0.25) is 4.57 Å². The first-order chi connectivity index (χ1) is 14.2. The SMILES string of the molecule is CCNC(=NCc1ccc(-n2ccnc2C)nc1)N1CCC(COCCOC)C1. The van der Waals surface area contributed by atoms with E-state index in [1.165, 1.54) is 0 Å². The molecule has 2 aromatic heterocycles. The van der Waals surface area contributed by atoms with Gasteiger partial charge in [0.1, 0.15) is 11.6 Å². The lowest BCUT2D eigenvalue weighted by molar-refractivity contribution is 0.0536. The zero-order chi connectivity index (χ0) is 20.5. The maximum atomic E-state index is 5.70. The van der Waals surface area contributed by atoms with Gasteiger partial charge in [-0.05, 0) is 31.9 Å². The molecule has 29 heavy (non-hydrogen) atoms. The third-order valence-corrected chi connectivity index (χ3v) is 5.00. The number of imidazole rings is 1. The number of aromatic nitrogens is 3. The fourth-order valence-corrected chi connectivity index (χ4v) is 3.42. The quantitative estimate of drug-likeness (QED) is 0.394. The molecule has 1 N–H and O–H groups in total. The summed E-state index contributed by atoms with van der Waals surface area (Å²) in [5.74, 6) is 3.29. The predicted octanol–water partition coefficient (Wildman–Crippen LogP) is 2.03. The average Bonchev–Trinajstić information content (AvgIpc) is 3.38. The van der Waals surface area contributed by atoms with E-state index in [-0.39, 0.29) is 0 Å². The van der Waals surface area contributed by atoms with Crippen LogP contribution in [0.1, 0.15) is 24.7 Å². The number of nitrogens with one attached hydrogen (secondary N) is 1. The van der Waals surface area contributed by atoms with E-state index in [0.717, 1.165) is 55.8 Å². The Morgan fingerprint density at radius 2 is 2.21 bits per heavy atom. The number of aliphatic imine (C=N–C) groups is 1. The average molecular weight is 401 g/mol. The van der Waals surface area contributed by atoms with Crippen molar-refractivity contribution in [3.8, 4) is 5.82 Å². The van der Waals surface area contributed by atoms with Crippen molar-refractivity contribution in [2.24, 2.45) is 10.9 Å². The highest BCUT2D eigenvalue weighted by Gasteiger charge is 2.24. The van der Waals surface area contributed by atoms with Crippen molar-refractivity contribution in [1.29, 1.82) is 0 Å². The Kier molecular flexibility index (Phi) is 8.01. The third kappa shape index (κ3) is 6.01. The summed E-state index contributed by atoms with van der Waals surface area (Å²) < 4.78 is 12.7. The highest BCUT2D eigenvalue weighted by Crippen LogP contribution is 2.17. The summed E-state index contributed by atoms with van der Waals surface area (Å²) in [4.78, 5) is 16.0. The molecular formula is C21H32N6O2. The molecule has 1 atom stereocenters. The Bertz CT molecular complexity index is 774. The van der Waals surface area contributed by atoms with E-state index >= 15 is 0 Å². The molecule has 1 saturated heterocycles. The van der Waals surface area contributed by atoms with Crippen molar-refractivity contribution in [2.45, 2.75) is 26.8 Å². The summed E-state index contributed by atoms with van der Waals surface area (Å²) in [5.41, 5.74) is 1.08. The van der Waals surface area contributed by atoms with Gasteiger partial charge in [-0.25, -0.2) is 15.0 Å². The van der Waals surface area contributed by atoms with E-state index < -0.39 is 0 Å². The minimum Gasteiger partial charge on any atom is -0.382 e. The second-order valence-corrected chi connectivity index (χ2v) is 7.21. The highest BCUT2D eigenvalue weighted by molar-refractivity contribution is 5.80. The molecule has 1 aliphatic heterocycles. The number of ether oxygens (including phenoxy) is 2. The largest absolute Gasteiger partial charge is 0.382 e. The lowest BCUT2D eigenvalue weighted by atomic mass is 10.1. The second kappa shape index (κ2) is 10.9. The number of hydrogen-bond donors (Lipinski definition) is 1. The molecule has 8 heteroatoms. The Balaban J connectivity index is 1.56. The standard InChI is InChI=1S/C21H32N6O2/c1-4-22-21(26-9-7-19(15-26)16-29-12-11-28-3)25-14-18-5-6-20(24-13-18)27-10-8-23-17(27)2/h5-6,8,10,13,19H,4,7,9,11-12,14-16H2,1-3H3,(H,22,25). The van der Waals surface area contributed by atoms with Crippen LogP contribution in [-0.2, 0) is 16.0 Å². The molecule has 1 aliphatic rings. The molecule has 0 aromatic carbocycles. The Morgan fingerprint density at radius 3 is 2.90 bits per heavy atom. The van der Waals surface area contributed by atoms with Gasteiger partial charge in [-0.1, -0.05) is 6.07 Å². The zero-order valence-electron chi connectivity index (χ0n) is 17.7. The van der Waals surface area contributed by atoms with Crippen LogP contribution in [0.3, 0.4) is 0 Å². The first-order valence-electron chi connectivity index (χ1n) is 10.3. The number of aryl methyl sites for hydroxylation is 1. The number of guanidine groups is 1. The van der Waals surface area contributed by atoms with E-state index in [1.807, 2.05) is 30.0 Å². The number of methoxy groups -OCH3 is 1. The molecule has 1 unspecified atom stereocenters. The summed E-state index contributed by atoms with van der Waals surface area (Å²) in [5, 5.41) is 3.42. The zero-order valence-corrected chi connectivity index (χ0v) is 17.7. The monoisotopic (exact) mass is 400 g/mol. The summed E-state index contributed by atoms with van der Waals surface area (Å²) >= 11 is 0. The molecule has 0 amide bonds. The molecule has 3 rings (SSSR count). The molecule has 3 heterocycles.